The second-order valence-corrected chi connectivity index (χ2v) is 8.09. The molecule has 0 saturated heterocycles. The first kappa shape index (κ1) is 21.7. The molecule has 0 aliphatic carbocycles. The van der Waals surface area contributed by atoms with E-state index >= 15 is 0 Å². The number of aromatic nitrogens is 5. The van der Waals surface area contributed by atoms with Crippen molar-refractivity contribution >= 4 is 17.5 Å². The zero-order valence-electron chi connectivity index (χ0n) is 18.7. The lowest BCUT2D eigenvalue weighted by molar-refractivity contribution is 0.271. The molecule has 0 amide bonds. The molecule has 0 spiro atoms. The Hall–Kier alpha value is -3.52. The number of aliphatic hydroxyl groups excluding tert-OH is 1. The van der Waals surface area contributed by atoms with E-state index in [4.69, 9.17) is 0 Å². The number of anilines is 2. The van der Waals surface area contributed by atoms with Crippen LogP contribution in [0.3, 0.4) is 0 Å². The van der Waals surface area contributed by atoms with Gasteiger partial charge in [0.05, 0.1) is 18.8 Å². The van der Waals surface area contributed by atoms with E-state index in [9.17, 15) is 5.11 Å². The van der Waals surface area contributed by atoms with Crippen molar-refractivity contribution in [1.29, 1.82) is 0 Å². The molecule has 32 heavy (non-hydrogen) atoms. The van der Waals surface area contributed by atoms with Crippen LogP contribution in [-0.2, 0) is 6.54 Å². The van der Waals surface area contributed by atoms with Crippen LogP contribution in [0.4, 0.5) is 11.9 Å². The summed E-state index contributed by atoms with van der Waals surface area (Å²) in [6.45, 7) is 6.86. The van der Waals surface area contributed by atoms with Gasteiger partial charge in [-0.15, -0.1) is 0 Å². The zero-order chi connectivity index (χ0) is 22.5. The molecule has 3 N–H and O–H groups in total. The Labute approximate surface area is 187 Å². The molecule has 0 radical (unpaired) electrons. The van der Waals surface area contributed by atoms with Crippen molar-refractivity contribution in [3.05, 3.63) is 66.1 Å². The van der Waals surface area contributed by atoms with Crippen LogP contribution in [0.2, 0.25) is 0 Å². The largest absolute Gasteiger partial charge is 0.394 e. The quantitative estimate of drug-likeness (QED) is 0.367. The Kier molecular flexibility index (Phi) is 6.61. The molecule has 3 heterocycles. The molecule has 0 aliphatic rings. The van der Waals surface area contributed by atoms with Crippen molar-refractivity contribution in [2.24, 2.45) is 0 Å². The highest BCUT2D eigenvalue weighted by atomic mass is 16.3. The Morgan fingerprint density at radius 1 is 1.03 bits per heavy atom. The lowest BCUT2D eigenvalue weighted by Gasteiger charge is -2.16. The van der Waals surface area contributed by atoms with Crippen LogP contribution in [0.15, 0.2) is 55.0 Å². The Bertz CT molecular complexity index is 1150. The molecule has 1 unspecified atom stereocenters. The third-order valence-corrected chi connectivity index (χ3v) is 5.46. The molecule has 0 bridgehead atoms. The summed E-state index contributed by atoms with van der Waals surface area (Å²) in [4.78, 5) is 13.5. The number of benzene rings is 1. The van der Waals surface area contributed by atoms with Gasteiger partial charge in [0.25, 0.3) is 0 Å². The molecule has 8 heteroatoms. The molecule has 4 aromatic rings. The summed E-state index contributed by atoms with van der Waals surface area (Å²) in [7, 11) is 0. The smallest absolute Gasteiger partial charge is 0.229 e. The third kappa shape index (κ3) is 4.70. The number of hydrogen-bond donors (Lipinski definition) is 3. The molecule has 0 fully saturated rings. The standard InChI is InChI=1S/C24H29N7O/c1-4-20(15-32)28-23-29-22-21(16(2)3)14-27-31(22)24(30-23)26-12-17-7-9-18(10-8-17)19-6-5-11-25-13-19/h5-11,13-14,16,20,32H,4,12,15H2,1-3H3,(H2,26,28,29,30). The summed E-state index contributed by atoms with van der Waals surface area (Å²) in [6, 6.07) is 12.3. The van der Waals surface area contributed by atoms with E-state index in [2.05, 4.69) is 68.8 Å². The maximum Gasteiger partial charge on any atom is 0.229 e. The predicted octanol–water partition coefficient (Wildman–Crippen LogP) is 4.10. The van der Waals surface area contributed by atoms with E-state index in [1.807, 2.05) is 31.5 Å². The van der Waals surface area contributed by atoms with Crippen molar-refractivity contribution in [3.8, 4) is 11.1 Å². The summed E-state index contributed by atoms with van der Waals surface area (Å²) < 4.78 is 1.74. The van der Waals surface area contributed by atoms with E-state index in [-0.39, 0.29) is 18.6 Å². The summed E-state index contributed by atoms with van der Waals surface area (Å²) in [6.07, 6.45) is 6.25. The fraction of sp³-hybridized carbons (Fsp3) is 0.333. The van der Waals surface area contributed by atoms with Crippen molar-refractivity contribution in [1.82, 2.24) is 24.6 Å². The maximum absolute atomic E-state index is 9.57. The first-order chi connectivity index (χ1) is 15.6. The van der Waals surface area contributed by atoms with Crippen LogP contribution in [0.25, 0.3) is 16.8 Å². The SMILES string of the molecule is CCC(CO)Nc1nc(NCc2ccc(-c3cccnc3)cc2)n2ncc(C(C)C)c2n1. The predicted molar refractivity (Wildman–Crippen MR) is 127 cm³/mol. The number of nitrogens with zero attached hydrogens (tertiary/aromatic N) is 5. The van der Waals surface area contributed by atoms with Crippen LogP contribution in [-0.4, -0.2) is 42.3 Å². The van der Waals surface area contributed by atoms with Crippen LogP contribution < -0.4 is 10.6 Å². The highest BCUT2D eigenvalue weighted by Gasteiger charge is 2.16. The number of fused-ring (bicyclic) bond motifs is 1. The van der Waals surface area contributed by atoms with Crippen LogP contribution in [0.1, 0.15) is 44.2 Å². The molecule has 0 aliphatic heterocycles. The molecule has 166 valence electrons. The molecule has 0 saturated carbocycles. The molecular weight excluding hydrogens is 402 g/mol. The normalized spacial score (nSPS) is 12.3. The lowest BCUT2D eigenvalue weighted by atomic mass is 10.1. The second-order valence-electron chi connectivity index (χ2n) is 8.09. The number of rotatable bonds is 9. The Balaban J connectivity index is 1.58. The summed E-state index contributed by atoms with van der Waals surface area (Å²) >= 11 is 0. The van der Waals surface area contributed by atoms with Crippen LogP contribution >= 0.6 is 0 Å². The summed E-state index contributed by atoms with van der Waals surface area (Å²) in [5.41, 5.74) is 5.15. The highest BCUT2D eigenvalue weighted by molar-refractivity contribution is 5.62. The lowest BCUT2D eigenvalue weighted by Crippen LogP contribution is -2.24. The van der Waals surface area contributed by atoms with E-state index in [1.165, 1.54) is 0 Å². The van der Waals surface area contributed by atoms with E-state index < -0.39 is 0 Å². The fourth-order valence-corrected chi connectivity index (χ4v) is 3.47. The third-order valence-electron chi connectivity index (χ3n) is 5.46. The first-order valence-corrected chi connectivity index (χ1v) is 10.9. The average Bonchev–Trinajstić information content (AvgIpc) is 3.26. The second kappa shape index (κ2) is 9.74. The minimum atomic E-state index is -0.101. The van der Waals surface area contributed by atoms with Crippen LogP contribution in [0.5, 0.6) is 0 Å². The van der Waals surface area contributed by atoms with Gasteiger partial charge >= 0.3 is 0 Å². The fourth-order valence-electron chi connectivity index (χ4n) is 3.47. The van der Waals surface area contributed by atoms with Crippen molar-refractivity contribution in [2.75, 3.05) is 17.2 Å². The van der Waals surface area contributed by atoms with Gasteiger partial charge in [0.15, 0.2) is 5.65 Å². The van der Waals surface area contributed by atoms with Gasteiger partial charge in [-0.25, -0.2) is 0 Å². The van der Waals surface area contributed by atoms with Gasteiger partial charge in [0.1, 0.15) is 0 Å². The molecule has 3 aromatic heterocycles. The molecular formula is C24H29N7O. The number of nitrogens with one attached hydrogen (secondary N) is 2. The van der Waals surface area contributed by atoms with Crippen LogP contribution in [0, 0.1) is 0 Å². The van der Waals surface area contributed by atoms with Crippen molar-refractivity contribution in [3.63, 3.8) is 0 Å². The van der Waals surface area contributed by atoms with Crippen molar-refractivity contribution in [2.45, 2.75) is 45.7 Å². The monoisotopic (exact) mass is 431 g/mol. The van der Waals surface area contributed by atoms with Gasteiger partial charge < -0.3 is 15.7 Å². The average molecular weight is 432 g/mol. The number of pyridine rings is 1. The minimum absolute atomic E-state index is 0.0212. The molecule has 1 atom stereocenters. The number of aliphatic hydroxyl groups is 1. The summed E-state index contributed by atoms with van der Waals surface area (Å²) in [5, 5.41) is 20.7. The first-order valence-electron chi connectivity index (χ1n) is 10.9. The minimum Gasteiger partial charge on any atom is -0.394 e. The van der Waals surface area contributed by atoms with E-state index in [1.54, 1.807) is 10.7 Å². The van der Waals surface area contributed by atoms with Gasteiger partial charge in [-0.05, 0) is 35.1 Å². The van der Waals surface area contributed by atoms with Crippen molar-refractivity contribution < 1.29 is 5.11 Å². The van der Waals surface area contributed by atoms with E-state index in [0.717, 1.165) is 34.3 Å². The summed E-state index contributed by atoms with van der Waals surface area (Å²) in [5.74, 6) is 1.37. The maximum atomic E-state index is 9.57. The van der Waals surface area contributed by atoms with E-state index in [0.29, 0.717) is 18.4 Å². The van der Waals surface area contributed by atoms with Gasteiger partial charge in [0.2, 0.25) is 11.9 Å². The highest BCUT2D eigenvalue weighted by Crippen LogP contribution is 2.23. The Morgan fingerprint density at radius 3 is 2.50 bits per heavy atom. The molecule has 8 nitrogen and oxygen atoms in total. The Morgan fingerprint density at radius 2 is 1.84 bits per heavy atom. The van der Waals surface area contributed by atoms with Gasteiger partial charge in [-0.1, -0.05) is 51.1 Å². The topological polar surface area (TPSA) is 100 Å². The molecule has 4 rings (SSSR count). The zero-order valence-corrected chi connectivity index (χ0v) is 18.7. The van der Waals surface area contributed by atoms with Gasteiger partial charge in [0, 0.05) is 24.5 Å². The van der Waals surface area contributed by atoms with Gasteiger partial charge in [-0.2, -0.15) is 19.6 Å². The molecule has 1 aromatic carbocycles. The van der Waals surface area contributed by atoms with Gasteiger partial charge in [-0.3, -0.25) is 4.98 Å². The number of hydrogen-bond acceptors (Lipinski definition) is 7.